The summed E-state index contributed by atoms with van der Waals surface area (Å²) in [6.45, 7) is 36.5. The molecule has 2 atom stereocenters. The number of hydrogen-bond donors (Lipinski definition) is 0. The van der Waals surface area contributed by atoms with Gasteiger partial charge < -0.3 is 4.74 Å². The minimum absolute atomic E-state index is 0.0727. The lowest BCUT2D eigenvalue weighted by molar-refractivity contribution is 0.208. The highest BCUT2D eigenvalue weighted by Crippen LogP contribution is 2.29. The molecule has 0 aromatic heterocycles. The van der Waals surface area contributed by atoms with Crippen molar-refractivity contribution in [1.29, 1.82) is 0 Å². The van der Waals surface area contributed by atoms with Gasteiger partial charge in [-0.1, -0.05) is 92.2 Å². The fraction of sp³-hybridized carbons (Fsp3) is 0.355. The first-order chi connectivity index (χ1) is 16.4. The molecule has 0 saturated carbocycles. The predicted octanol–water partition coefficient (Wildman–Crippen LogP) is 10.5. The number of allylic oxidation sites excluding steroid dienone is 11. The van der Waals surface area contributed by atoms with Crippen LogP contribution in [0.15, 0.2) is 122 Å². The highest BCUT2D eigenvalue weighted by atomic mass is 19.2. The van der Waals surface area contributed by atoms with Gasteiger partial charge in [0, 0.05) is 11.1 Å². The standard InChI is InChI=1S/C29H39F3O.C2H4/c1-11-17-33-26(10)29(32)28(31)25(9)22(6)16-15-21(5)24(8)27(30)18-23(7)20(4)14-13-19(3)12-2;1-2/h15-16,18-20H,5-14,17H2,1-4H3;1-2H2/b16-15-,27-18+,29-28-;. The maximum Gasteiger partial charge on any atom is 0.200 e. The van der Waals surface area contributed by atoms with Crippen molar-refractivity contribution in [2.45, 2.75) is 53.4 Å². The van der Waals surface area contributed by atoms with E-state index in [-0.39, 0.29) is 34.8 Å². The maximum atomic E-state index is 14.7. The Morgan fingerprint density at radius 1 is 0.800 bits per heavy atom. The van der Waals surface area contributed by atoms with E-state index >= 15 is 0 Å². The summed E-state index contributed by atoms with van der Waals surface area (Å²) in [5, 5.41) is 0. The lowest BCUT2D eigenvalue weighted by Crippen LogP contribution is -2.01. The molecule has 1 nitrogen and oxygen atoms in total. The zero-order chi connectivity index (χ0) is 27.7. The second kappa shape index (κ2) is 18.3. The van der Waals surface area contributed by atoms with Crippen LogP contribution in [0.4, 0.5) is 13.2 Å². The molecule has 0 radical (unpaired) electrons. The van der Waals surface area contributed by atoms with Crippen LogP contribution in [-0.2, 0) is 4.74 Å². The second-order valence-electron chi connectivity index (χ2n) is 8.30. The summed E-state index contributed by atoms with van der Waals surface area (Å²) < 4.78 is 48.1. The van der Waals surface area contributed by atoms with Crippen molar-refractivity contribution >= 4 is 0 Å². The molecule has 0 fully saturated rings. The summed E-state index contributed by atoms with van der Waals surface area (Å²) in [5.74, 6) is -2.64. The first-order valence-electron chi connectivity index (χ1n) is 11.8. The van der Waals surface area contributed by atoms with Gasteiger partial charge in [0.1, 0.15) is 5.83 Å². The molecule has 4 heteroatoms. The molecular weight excluding hydrogens is 445 g/mol. The molecule has 35 heavy (non-hydrogen) atoms. The average molecular weight is 489 g/mol. The zero-order valence-corrected chi connectivity index (χ0v) is 22.1. The Balaban J connectivity index is 0. The van der Waals surface area contributed by atoms with Gasteiger partial charge in [-0.15, -0.1) is 13.2 Å². The third-order valence-corrected chi connectivity index (χ3v) is 5.47. The molecule has 0 amide bonds. The van der Waals surface area contributed by atoms with Crippen molar-refractivity contribution in [2.24, 2.45) is 11.8 Å². The van der Waals surface area contributed by atoms with Gasteiger partial charge in [-0.2, -0.15) is 4.39 Å². The molecule has 0 saturated heterocycles. The van der Waals surface area contributed by atoms with Crippen LogP contribution in [0.5, 0.6) is 0 Å². The smallest absolute Gasteiger partial charge is 0.200 e. The number of rotatable bonds is 16. The van der Waals surface area contributed by atoms with E-state index in [9.17, 15) is 13.2 Å². The summed E-state index contributed by atoms with van der Waals surface area (Å²) in [4.78, 5) is 0. The van der Waals surface area contributed by atoms with E-state index in [0.717, 1.165) is 19.3 Å². The maximum absolute atomic E-state index is 14.7. The van der Waals surface area contributed by atoms with E-state index in [1.165, 1.54) is 18.2 Å². The summed E-state index contributed by atoms with van der Waals surface area (Å²) in [6.07, 6.45) is 7.89. The molecule has 0 aliphatic carbocycles. The van der Waals surface area contributed by atoms with Crippen molar-refractivity contribution < 1.29 is 17.9 Å². The fourth-order valence-corrected chi connectivity index (χ4v) is 2.56. The Kier molecular flexibility index (Phi) is 17.9. The van der Waals surface area contributed by atoms with Gasteiger partial charge in [0.25, 0.3) is 0 Å². The highest BCUT2D eigenvalue weighted by molar-refractivity contribution is 5.53. The van der Waals surface area contributed by atoms with Crippen LogP contribution in [0.25, 0.3) is 0 Å². The first kappa shape index (κ1) is 34.2. The summed E-state index contributed by atoms with van der Waals surface area (Å²) in [6, 6.07) is 0. The van der Waals surface area contributed by atoms with Crippen LogP contribution in [0, 0.1) is 11.8 Å². The molecule has 0 aromatic carbocycles. The van der Waals surface area contributed by atoms with Crippen LogP contribution in [0.1, 0.15) is 53.4 Å². The molecule has 0 aromatic rings. The molecule has 194 valence electrons. The minimum Gasteiger partial charge on any atom is -0.491 e. The Labute approximate surface area is 211 Å². The van der Waals surface area contributed by atoms with E-state index in [4.69, 9.17) is 4.74 Å². The van der Waals surface area contributed by atoms with Crippen molar-refractivity contribution in [3.05, 3.63) is 122 Å². The number of hydrogen-bond acceptors (Lipinski definition) is 1. The van der Waals surface area contributed by atoms with Crippen molar-refractivity contribution in [2.75, 3.05) is 6.61 Å². The van der Waals surface area contributed by atoms with Crippen molar-refractivity contribution in [1.82, 2.24) is 0 Å². The van der Waals surface area contributed by atoms with Gasteiger partial charge in [-0.3, -0.25) is 0 Å². The Bertz CT molecular complexity index is 883. The lowest BCUT2D eigenvalue weighted by atomic mass is 9.91. The Morgan fingerprint density at radius 2 is 1.31 bits per heavy atom. The van der Waals surface area contributed by atoms with Gasteiger partial charge in [0.2, 0.25) is 5.83 Å². The van der Waals surface area contributed by atoms with Crippen LogP contribution in [0.3, 0.4) is 0 Å². The van der Waals surface area contributed by atoms with Crippen LogP contribution >= 0.6 is 0 Å². The molecule has 0 bridgehead atoms. The lowest BCUT2D eigenvalue weighted by Gasteiger charge is -2.15. The Morgan fingerprint density at radius 3 is 1.80 bits per heavy atom. The summed E-state index contributed by atoms with van der Waals surface area (Å²) in [5.41, 5.74) is 0.830. The van der Waals surface area contributed by atoms with E-state index in [1.54, 1.807) is 0 Å². The second-order valence-corrected chi connectivity index (χ2v) is 8.30. The minimum atomic E-state index is -1.24. The molecule has 0 aliphatic rings. The third-order valence-electron chi connectivity index (χ3n) is 5.47. The van der Waals surface area contributed by atoms with Crippen LogP contribution < -0.4 is 0 Å². The van der Waals surface area contributed by atoms with Gasteiger partial charge in [0.15, 0.2) is 11.6 Å². The summed E-state index contributed by atoms with van der Waals surface area (Å²) in [7, 11) is 0. The highest BCUT2D eigenvalue weighted by Gasteiger charge is 2.16. The van der Waals surface area contributed by atoms with E-state index in [0.29, 0.717) is 17.9 Å². The van der Waals surface area contributed by atoms with E-state index in [1.807, 2.05) is 13.8 Å². The van der Waals surface area contributed by atoms with E-state index < -0.39 is 23.2 Å². The van der Waals surface area contributed by atoms with Crippen LogP contribution in [-0.4, -0.2) is 6.61 Å². The third kappa shape index (κ3) is 12.9. The normalized spacial score (nSPS) is 13.6. The molecule has 2 unspecified atom stereocenters. The summed E-state index contributed by atoms with van der Waals surface area (Å²) >= 11 is 0. The van der Waals surface area contributed by atoms with Crippen molar-refractivity contribution in [3.63, 3.8) is 0 Å². The first-order valence-corrected chi connectivity index (χ1v) is 11.8. The molecule has 0 N–H and O–H groups in total. The van der Waals surface area contributed by atoms with Gasteiger partial charge in [-0.25, -0.2) is 8.78 Å². The predicted molar refractivity (Wildman–Crippen MR) is 148 cm³/mol. The molecule has 0 spiro atoms. The van der Waals surface area contributed by atoms with Gasteiger partial charge >= 0.3 is 0 Å². The Hall–Kier alpha value is -3.01. The average Bonchev–Trinajstić information content (AvgIpc) is 2.87. The van der Waals surface area contributed by atoms with Crippen LogP contribution in [0.2, 0.25) is 0 Å². The van der Waals surface area contributed by atoms with Gasteiger partial charge in [0.05, 0.1) is 6.61 Å². The quantitative estimate of drug-likeness (QED) is 0.119. The molecular formula is C31H43F3O. The van der Waals surface area contributed by atoms with Crippen molar-refractivity contribution in [3.8, 4) is 0 Å². The molecule has 0 aliphatic heterocycles. The van der Waals surface area contributed by atoms with E-state index in [2.05, 4.69) is 66.5 Å². The largest absolute Gasteiger partial charge is 0.491 e. The zero-order valence-electron chi connectivity index (χ0n) is 22.1. The topological polar surface area (TPSA) is 9.23 Å². The number of halogens is 3. The molecule has 0 rings (SSSR count). The number of ether oxygens (including phenoxy) is 1. The molecule has 0 heterocycles. The monoisotopic (exact) mass is 488 g/mol. The fourth-order valence-electron chi connectivity index (χ4n) is 2.56. The van der Waals surface area contributed by atoms with Gasteiger partial charge in [-0.05, 0) is 47.5 Å². The SMILES string of the molecule is C=C.C=C(/C=C\C(=C)C(=C)/C(F)=C\C(=C)C(C)CCC(C)CC)C(=C)/C(F)=C(/F)C(=C)OCCC.